The van der Waals surface area contributed by atoms with E-state index in [9.17, 15) is 13.2 Å². The lowest BCUT2D eigenvalue weighted by Crippen LogP contribution is -2.48. The molecular formula is C22H29ClN2O3S. The lowest BCUT2D eigenvalue weighted by atomic mass is 10.0. The Morgan fingerprint density at radius 3 is 2.38 bits per heavy atom. The zero-order chi connectivity index (χ0) is 21.8. The van der Waals surface area contributed by atoms with Crippen LogP contribution in [0.3, 0.4) is 0 Å². The molecule has 5 nitrogen and oxygen atoms in total. The maximum atomic E-state index is 12.9. The average Bonchev–Trinajstić information content (AvgIpc) is 2.67. The summed E-state index contributed by atoms with van der Waals surface area (Å²) < 4.78 is 26.1. The van der Waals surface area contributed by atoms with Crippen LogP contribution in [0.1, 0.15) is 43.0 Å². The number of carbonyl (C=O) groups is 1. The van der Waals surface area contributed by atoms with Crippen molar-refractivity contribution in [2.75, 3.05) is 10.6 Å². The van der Waals surface area contributed by atoms with Crippen LogP contribution in [0.5, 0.6) is 0 Å². The van der Waals surface area contributed by atoms with Crippen LogP contribution in [-0.2, 0) is 34.2 Å². The van der Waals surface area contributed by atoms with E-state index in [2.05, 4.69) is 37.4 Å². The number of nitrogens with zero attached hydrogens (tertiary/aromatic N) is 1. The smallest absolute Gasteiger partial charge is 0.243 e. The zero-order valence-corrected chi connectivity index (χ0v) is 19.2. The SMILES string of the molecule is CCc1ccc(CC)c(CNC(=O)[C@H](C)N(c2cc(Cl)ccc2C)S(C)(=O)=O)c1. The molecule has 0 radical (unpaired) electrons. The summed E-state index contributed by atoms with van der Waals surface area (Å²) in [7, 11) is -3.69. The van der Waals surface area contributed by atoms with Crippen molar-refractivity contribution in [1.29, 1.82) is 0 Å². The van der Waals surface area contributed by atoms with Crippen LogP contribution in [0.4, 0.5) is 5.69 Å². The molecule has 1 atom stereocenters. The number of benzene rings is 2. The molecule has 1 amide bonds. The molecule has 0 aliphatic rings. The molecule has 0 saturated carbocycles. The van der Waals surface area contributed by atoms with E-state index in [0.29, 0.717) is 17.3 Å². The van der Waals surface area contributed by atoms with Crippen LogP contribution in [0.15, 0.2) is 36.4 Å². The van der Waals surface area contributed by atoms with Crippen molar-refractivity contribution in [3.05, 3.63) is 63.7 Å². The topological polar surface area (TPSA) is 66.5 Å². The lowest BCUT2D eigenvalue weighted by Gasteiger charge is -2.29. The van der Waals surface area contributed by atoms with Gasteiger partial charge in [-0.2, -0.15) is 0 Å². The number of amides is 1. The molecule has 1 N–H and O–H groups in total. The first-order chi connectivity index (χ1) is 13.6. The summed E-state index contributed by atoms with van der Waals surface area (Å²) in [6.07, 6.45) is 2.87. The molecule has 0 aliphatic carbocycles. The number of carbonyl (C=O) groups excluding carboxylic acids is 1. The third kappa shape index (κ3) is 5.73. The van der Waals surface area contributed by atoms with Crippen LogP contribution in [0, 0.1) is 6.92 Å². The van der Waals surface area contributed by atoms with Crippen LogP contribution in [0.2, 0.25) is 5.02 Å². The first-order valence-electron chi connectivity index (χ1n) is 9.72. The van der Waals surface area contributed by atoms with E-state index >= 15 is 0 Å². The number of rotatable bonds is 8. The second kappa shape index (κ2) is 9.63. The van der Waals surface area contributed by atoms with E-state index in [1.54, 1.807) is 32.0 Å². The Bertz CT molecular complexity index is 990. The molecule has 158 valence electrons. The minimum Gasteiger partial charge on any atom is -0.350 e. The first-order valence-corrected chi connectivity index (χ1v) is 11.9. The van der Waals surface area contributed by atoms with E-state index < -0.39 is 16.1 Å². The zero-order valence-electron chi connectivity index (χ0n) is 17.6. The molecule has 2 rings (SSSR count). The highest BCUT2D eigenvalue weighted by molar-refractivity contribution is 7.92. The summed E-state index contributed by atoms with van der Waals surface area (Å²) in [5.74, 6) is -0.362. The van der Waals surface area contributed by atoms with Crippen molar-refractivity contribution in [2.24, 2.45) is 0 Å². The Morgan fingerprint density at radius 2 is 1.79 bits per heavy atom. The average molecular weight is 437 g/mol. The standard InChI is InChI=1S/C22H29ClN2O3S/c1-6-17-9-10-18(7-2)19(12-17)14-24-22(26)16(4)25(29(5,27)28)21-13-20(23)11-8-15(21)3/h8-13,16H,6-7,14H2,1-5H3,(H,24,26)/t16-/m0/s1. The van der Waals surface area contributed by atoms with E-state index in [0.717, 1.165) is 34.5 Å². The monoisotopic (exact) mass is 436 g/mol. The number of hydrogen-bond acceptors (Lipinski definition) is 3. The molecule has 7 heteroatoms. The van der Waals surface area contributed by atoms with Gasteiger partial charge in [0.05, 0.1) is 11.9 Å². The van der Waals surface area contributed by atoms with Gasteiger partial charge in [-0.3, -0.25) is 9.10 Å². The Hall–Kier alpha value is -2.05. The van der Waals surface area contributed by atoms with Crippen LogP contribution >= 0.6 is 11.6 Å². The van der Waals surface area contributed by atoms with Gasteiger partial charge in [0.1, 0.15) is 6.04 Å². The minimum atomic E-state index is -3.69. The fourth-order valence-corrected chi connectivity index (χ4v) is 4.73. The molecule has 2 aromatic rings. The lowest BCUT2D eigenvalue weighted by molar-refractivity contribution is -0.122. The highest BCUT2D eigenvalue weighted by Gasteiger charge is 2.30. The molecule has 0 aromatic heterocycles. The number of nitrogens with one attached hydrogen (secondary N) is 1. The van der Waals surface area contributed by atoms with Crippen molar-refractivity contribution in [2.45, 2.75) is 53.1 Å². The fourth-order valence-electron chi connectivity index (χ4n) is 3.34. The highest BCUT2D eigenvalue weighted by Crippen LogP contribution is 2.28. The number of halogens is 1. The maximum absolute atomic E-state index is 12.9. The Kier molecular flexibility index (Phi) is 7.72. The summed E-state index contributed by atoms with van der Waals surface area (Å²) in [5.41, 5.74) is 4.55. The maximum Gasteiger partial charge on any atom is 0.243 e. The van der Waals surface area contributed by atoms with Gasteiger partial charge in [0.25, 0.3) is 0 Å². The van der Waals surface area contributed by atoms with Gasteiger partial charge in [-0.05, 0) is 61.1 Å². The predicted octanol–water partition coefficient (Wildman–Crippen LogP) is 4.24. The fraction of sp³-hybridized carbons (Fsp3) is 0.409. The van der Waals surface area contributed by atoms with E-state index in [1.807, 2.05) is 0 Å². The summed E-state index contributed by atoms with van der Waals surface area (Å²) in [4.78, 5) is 12.9. The third-order valence-corrected chi connectivity index (χ3v) is 6.47. The summed E-state index contributed by atoms with van der Waals surface area (Å²) in [5, 5.41) is 3.32. The molecule has 0 spiro atoms. The van der Waals surface area contributed by atoms with E-state index in [-0.39, 0.29) is 5.91 Å². The second-order valence-electron chi connectivity index (χ2n) is 7.19. The Balaban J connectivity index is 2.28. The molecular weight excluding hydrogens is 408 g/mol. The largest absolute Gasteiger partial charge is 0.350 e. The molecule has 2 aromatic carbocycles. The normalized spacial score (nSPS) is 12.5. The molecule has 0 unspecified atom stereocenters. The number of sulfonamides is 1. The third-order valence-electron chi connectivity index (χ3n) is 5.01. The van der Waals surface area contributed by atoms with Crippen LogP contribution in [-0.4, -0.2) is 26.6 Å². The van der Waals surface area contributed by atoms with Gasteiger partial charge >= 0.3 is 0 Å². The summed E-state index contributed by atoms with van der Waals surface area (Å²) in [6, 6.07) is 10.4. The number of aryl methyl sites for hydroxylation is 3. The van der Waals surface area contributed by atoms with Gasteiger partial charge in [-0.1, -0.05) is 49.7 Å². The van der Waals surface area contributed by atoms with Gasteiger partial charge in [0, 0.05) is 11.6 Å². The first kappa shape index (κ1) is 23.2. The predicted molar refractivity (Wildman–Crippen MR) is 120 cm³/mol. The van der Waals surface area contributed by atoms with Crippen molar-refractivity contribution < 1.29 is 13.2 Å². The molecule has 0 saturated heterocycles. The highest BCUT2D eigenvalue weighted by atomic mass is 35.5. The van der Waals surface area contributed by atoms with E-state index in [1.165, 1.54) is 11.1 Å². The van der Waals surface area contributed by atoms with Gasteiger partial charge in [0.15, 0.2) is 0 Å². The number of anilines is 1. The molecule has 29 heavy (non-hydrogen) atoms. The van der Waals surface area contributed by atoms with Crippen molar-refractivity contribution >= 4 is 33.2 Å². The number of hydrogen-bond donors (Lipinski definition) is 1. The molecule has 0 aliphatic heterocycles. The van der Waals surface area contributed by atoms with Gasteiger partial charge in [-0.25, -0.2) is 8.42 Å². The van der Waals surface area contributed by atoms with Crippen LogP contribution in [0.25, 0.3) is 0 Å². The molecule has 0 fully saturated rings. The van der Waals surface area contributed by atoms with Crippen molar-refractivity contribution in [3.8, 4) is 0 Å². The Morgan fingerprint density at radius 1 is 1.10 bits per heavy atom. The van der Waals surface area contributed by atoms with Gasteiger partial charge in [0.2, 0.25) is 15.9 Å². The minimum absolute atomic E-state index is 0.353. The summed E-state index contributed by atoms with van der Waals surface area (Å²) in [6.45, 7) is 7.88. The molecule has 0 bridgehead atoms. The quantitative estimate of drug-likeness (QED) is 0.672. The summed E-state index contributed by atoms with van der Waals surface area (Å²) >= 11 is 6.08. The second-order valence-corrected chi connectivity index (χ2v) is 9.49. The van der Waals surface area contributed by atoms with Crippen molar-refractivity contribution in [1.82, 2.24) is 5.32 Å². The van der Waals surface area contributed by atoms with Crippen molar-refractivity contribution in [3.63, 3.8) is 0 Å². The van der Waals surface area contributed by atoms with E-state index in [4.69, 9.17) is 11.6 Å². The van der Waals surface area contributed by atoms with Gasteiger partial charge < -0.3 is 5.32 Å². The van der Waals surface area contributed by atoms with Gasteiger partial charge in [-0.15, -0.1) is 0 Å². The van der Waals surface area contributed by atoms with Crippen LogP contribution < -0.4 is 9.62 Å². The molecule has 0 heterocycles. The Labute approximate surface area is 179 Å².